The van der Waals surface area contributed by atoms with Gasteiger partial charge >= 0.3 is 0 Å². The first-order valence-electron chi connectivity index (χ1n) is 8.34. The van der Waals surface area contributed by atoms with E-state index in [1.165, 1.54) is 48.1 Å². The number of ether oxygens (including phenoxy) is 2. The number of aromatic nitrogens is 1. The van der Waals surface area contributed by atoms with Crippen LogP contribution in [0.4, 0.5) is 5.13 Å². The first-order valence-corrected chi connectivity index (χ1v) is 10.6. The molecule has 1 fully saturated rings. The number of carbonyl (C=O) groups is 1. The van der Waals surface area contributed by atoms with Crippen molar-refractivity contribution in [1.82, 2.24) is 9.29 Å². The number of nitrogens with one attached hydrogen (secondary N) is 1. The molecular weight excluding hydrogens is 390 g/mol. The van der Waals surface area contributed by atoms with Gasteiger partial charge in [-0.25, -0.2) is 13.4 Å². The van der Waals surface area contributed by atoms with E-state index >= 15 is 0 Å². The first-order chi connectivity index (χ1) is 12.9. The van der Waals surface area contributed by atoms with Crippen LogP contribution >= 0.6 is 11.3 Å². The number of anilines is 1. The Morgan fingerprint density at radius 1 is 1.30 bits per heavy atom. The maximum Gasteiger partial charge on any atom is 0.244 e. The zero-order valence-electron chi connectivity index (χ0n) is 15.3. The number of hydrogen-bond donors (Lipinski definition) is 1. The van der Waals surface area contributed by atoms with Gasteiger partial charge in [-0.2, -0.15) is 4.31 Å². The number of carbonyl (C=O) groups excluding carboxylic acids is 1. The fraction of sp³-hybridized carbons (Fsp3) is 0.412. The minimum Gasteiger partial charge on any atom is -0.493 e. The predicted molar refractivity (Wildman–Crippen MR) is 102 cm³/mol. The smallest absolute Gasteiger partial charge is 0.244 e. The lowest BCUT2D eigenvalue weighted by atomic mass is 10.2. The molecule has 146 valence electrons. The van der Waals surface area contributed by atoms with E-state index in [0.717, 1.165) is 4.88 Å². The fourth-order valence-electron chi connectivity index (χ4n) is 3.00. The van der Waals surface area contributed by atoms with Gasteiger partial charge in [0.05, 0.1) is 19.1 Å². The summed E-state index contributed by atoms with van der Waals surface area (Å²) in [5.41, 5.74) is 0. The normalized spacial score (nSPS) is 17.7. The maximum absolute atomic E-state index is 13.1. The van der Waals surface area contributed by atoms with E-state index in [1.54, 1.807) is 6.20 Å². The van der Waals surface area contributed by atoms with Crippen LogP contribution in [-0.4, -0.2) is 50.4 Å². The van der Waals surface area contributed by atoms with Crippen LogP contribution in [0, 0.1) is 6.92 Å². The SMILES string of the molecule is COc1ccc(S(=O)(=O)N2CCCC2C(=O)Nc2ncc(C)s2)cc1OC. The summed E-state index contributed by atoms with van der Waals surface area (Å²) in [6.45, 7) is 2.17. The van der Waals surface area contributed by atoms with Gasteiger partial charge in [0.2, 0.25) is 15.9 Å². The first kappa shape index (κ1) is 19.6. The molecule has 8 nitrogen and oxygen atoms in total. The lowest BCUT2D eigenvalue weighted by Gasteiger charge is -2.23. The van der Waals surface area contributed by atoms with Crippen molar-refractivity contribution < 1.29 is 22.7 Å². The van der Waals surface area contributed by atoms with E-state index in [0.29, 0.717) is 29.5 Å². The van der Waals surface area contributed by atoms with Crippen LogP contribution < -0.4 is 14.8 Å². The van der Waals surface area contributed by atoms with Crippen molar-refractivity contribution in [3.63, 3.8) is 0 Å². The summed E-state index contributed by atoms with van der Waals surface area (Å²) in [5.74, 6) is 0.384. The minimum atomic E-state index is -3.86. The summed E-state index contributed by atoms with van der Waals surface area (Å²) in [7, 11) is -0.937. The van der Waals surface area contributed by atoms with Gasteiger partial charge in [0.25, 0.3) is 0 Å². The highest BCUT2D eigenvalue weighted by Crippen LogP contribution is 2.33. The van der Waals surface area contributed by atoms with Crippen molar-refractivity contribution >= 4 is 32.4 Å². The molecule has 0 spiro atoms. The molecule has 1 aliphatic rings. The number of nitrogens with zero attached hydrogens (tertiary/aromatic N) is 2. The van der Waals surface area contributed by atoms with Gasteiger partial charge < -0.3 is 14.8 Å². The van der Waals surface area contributed by atoms with E-state index in [9.17, 15) is 13.2 Å². The van der Waals surface area contributed by atoms with Crippen LogP contribution in [0.3, 0.4) is 0 Å². The van der Waals surface area contributed by atoms with Gasteiger partial charge in [0.15, 0.2) is 16.6 Å². The Balaban J connectivity index is 1.85. The van der Waals surface area contributed by atoms with Crippen LogP contribution in [-0.2, 0) is 14.8 Å². The molecule has 2 aromatic rings. The molecule has 0 bridgehead atoms. The summed E-state index contributed by atoms with van der Waals surface area (Å²) in [4.78, 5) is 17.8. The Hall–Kier alpha value is -2.17. The molecule has 1 N–H and O–H groups in total. The molecule has 10 heteroatoms. The number of rotatable bonds is 6. The van der Waals surface area contributed by atoms with Crippen molar-refractivity contribution in [2.75, 3.05) is 26.1 Å². The van der Waals surface area contributed by atoms with E-state index < -0.39 is 16.1 Å². The third-order valence-corrected chi connectivity index (χ3v) is 7.05. The Morgan fingerprint density at radius 2 is 2.04 bits per heavy atom. The molecule has 1 unspecified atom stereocenters. The highest BCUT2D eigenvalue weighted by Gasteiger charge is 2.40. The summed E-state index contributed by atoms with van der Waals surface area (Å²) in [6, 6.07) is 3.63. The van der Waals surface area contributed by atoms with Gasteiger partial charge in [-0.15, -0.1) is 11.3 Å². The number of methoxy groups -OCH3 is 2. The van der Waals surface area contributed by atoms with E-state index in [1.807, 2.05) is 6.92 Å². The topological polar surface area (TPSA) is 97.8 Å². The van der Waals surface area contributed by atoms with Gasteiger partial charge in [0.1, 0.15) is 6.04 Å². The van der Waals surface area contributed by atoms with Crippen molar-refractivity contribution in [2.45, 2.75) is 30.7 Å². The largest absolute Gasteiger partial charge is 0.493 e. The molecule has 3 rings (SSSR count). The maximum atomic E-state index is 13.1. The van der Waals surface area contributed by atoms with Gasteiger partial charge in [0, 0.05) is 23.7 Å². The van der Waals surface area contributed by atoms with Crippen LogP contribution in [0.15, 0.2) is 29.3 Å². The number of hydrogen-bond acceptors (Lipinski definition) is 7. The van der Waals surface area contributed by atoms with Crippen molar-refractivity contribution in [3.8, 4) is 11.5 Å². The van der Waals surface area contributed by atoms with Crippen LogP contribution in [0.5, 0.6) is 11.5 Å². The summed E-state index contributed by atoms with van der Waals surface area (Å²) >= 11 is 1.35. The summed E-state index contributed by atoms with van der Waals surface area (Å²) in [6.07, 6.45) is 2.73. The van der Waals surface area contributed by atoms with Gasteiger partial charge in [-0.3, -0.25) is 4.79 Å². The zero-order chi connectivity index (χ0) is 19.6. The fourth-order valence-corrected chi connectivity index (χ4v) is 5.34. The van der Waals surface area contributed by atoms with Gasteiger partial charge in [-0.1, -0.05) is 0 Å². The second-order valence-electron chi connectivity index (χ2n) is 6.06. The Bertz CT molecular complexity index is 942. The molecule has 1 atom stereocenters. The predicted octanol–water partition coefficient (Wildman–Crippen LogP) is 2.26. The summed E-state index contributed by atoms with van der Waals surface area (Å²) < 4.78 is 37.8. The third kappa shape index (κ3) is 3.92. The van der Waals surface area contributed by atoms with Crippen LogP contribution in [0.1, 0.15) is 17.7 Å². The number of aryl methyl sites for hydroxylation is 1. The average Bonchev–Trinajstić information content (AvgIpc) is 3.30. The van der Waals surface area contributed by atoms with E-state index in [-0.39, 0.29) is 17.3 Å². The molecule has 1 aliphatic heterocycles. The molecule has 27 heavy (non-hydrogen) atoms. The highest BCUT2D eigenvalue weighted by atomic mass is 32.2. The number of thiazole rings is 1. The number of amides is 1. The van der Waals surface area contributed by atoms with Gasteiger partial charge in [-0.05, 0) is 31.9 Å². The molecule has 1 aromatic heterocycles. The Kier molecular flexibility index (Phi) is 5.68. The monoisotopic (exact) mass is 411 g/mol. The average molecular weight is 412 g/mol. The molecule has 1 amide bonds. The molecule has 0 aliphatic carbocycles. The van der Waals surface area contributed by atoms with Crippen LogP contribution in [0.25, 0.3) is 0 Å². The quantitative estimate of drug-likeness (QED) is 0.783. The molecular formula is C17H21N3O5S2. The molecule has 0 saturated carbocycles. The molecule has 1 saturated heterocycles. The Labute approximate surface area is 162 Å². The lowest BCUT2D eigenvalue weighted by Crippen LogP contribution is -2.43. The van der Waals surface area contributed by atoms with Crippen molar-refractivity contribution in [3.05, 3.63) is 29.3 Å². The standard InChI is InChI=1S/C17H21N3O5S2/c1-11-10-18-17(26-11)19-16(21)13-5-4-8-20(13)27(22,23)12-6-7-14(24-2)15(9-12)25-3/h6-7,9-10,13H,4-5,8H2,1-3H3,(H,18,19,21). The van der Waals surface area contributed by atoms with Crippen molar-refractivity contribution in [1.29, 1.82) is 0 Å². The van der Waals surface area contributed by atoms with Crippen LogP contribution in [0.2, 0.25) is 0 Å². The molecule has 0 radical (unpaired) electrons. The second kappa shape index (κ2) is 7.83. The highest BCUT2D eigenvalue weighted by molar-refractivity contribution is 7.89. The molecule has 1 aromatic carbocycles. The number of benzene rings is 1. The summed E-state index contributed by atoms with van der Waals surface area (Å²) in [5, 5.41) is 3.18. The van der Waals surface area contributed by atoms with Crippen molar-refractivity contribution in [2.24, 2.45) is 0 Å². The minimum absolute atomic E-state index is 0.0601. The lowest BCUT2D eigenvalue weighted by molar-refractivity contribution is -0.119. The second-order valence-corrected chi connectivity index (χ2v) is 9.18. The zero-order valence-corrected chi connectivity index (χ0v) is 16.9. The third-order valence-electron chi connectivity index (χ3n) is 4.32. The Morgan fingerprint density at radius 3 is 2.67 bits per heavy atom. The number of sulfonamides is 1. The van der Waals surface area contributed by atoms with E-state index in [4.69, 9.17) is 9.47 Å². The molecule has 2 heterocycles. The van der Waals surface area contributed by atoms with E-state index in [2.05, 4.69) is 10.3 Å².